The number of hydrogen-bond acceptors (Lipinski definition) is 3. The van der Waals surface area contributed by atoms with Gasteiger partial charge in [0.05, 0.1) is 17.3 Å². The SMILES string of the molecule is COc1ccc(-c2csc(=O)[nH]2)cc1Br. The summed E-state index contributed by atoms with van der Waals surface area (Å²) in [4.78, 5) is 13.7. The van der Waals surface area contributed by atoms with Crippen LogP contribution in [0.3, 0.4) is 0 Å². The molecule has 2 rings (SSSR count). The highest BCUT2D eigenvalue weighted by atomic mass is 79.9. The van der Waals surface area contributed by atoms with Gasteiger partial charge in [-0.3, -0.25) is 4.79 Å². The summed E-state index contributed by atoms with van der Waals surface area (Å²) in [5.74, 6) is 0.774. The van der Waals surface area contributed by atoms with Gasteiger partial charge in [0, 0.05) is 10.9 Å². The summed E-state index contributed by atoms with van der Waals surface area (Å²) in [6, 6.07) is 5.67. The predicted molar refractivity (Wildman–Crippen MR) is 64.6 cm³/mol. The van der Waals surface area contributed by atoms with Crippen molar-refractivity contribution in [1.29, 1.82) is 0 Å². The third kappa shape index (κ3) is 2.13. The number of aromatic nitrogens is 1. The molecule has 3 nitrogen and oxygen atoms in total. The Hall–Kier alpha value is -1.07. The highest BCUT2D eigenvalue weighted by Gasteiger charge is 2.04. The summed E-state index contributed by atoms with van der Waals surface area (Å²) >= 11 is 4.56. The number of ether oxygens (including phenoxy) is 1. The van der Waals surface area contributed by atoms with Crippen molar-refractivity contribution in [2.45, 2.75) is 0 Å². The van der Waals surface area contributed by atoms with Gasteiger partial charge in [-0.25, -0.2) is 0 Å². The number of nitrogens with one attached hydrogen (secondary N) is 1. The van der Waals surface area contributed by atoms with Gasteiger partial charge in [0.25, 0.3) is 0 Å². The number of methoxy groups -OCH3 is 1. The molecule has 78 valence electrons. The Kier molecular flexibility index (Phi) is 2.93. The van der Waals surface area contributed by atoms with Gasteiger partial charge in [0.1, 0.15) is 5.75 Å². The lowest BCUT2D eigenvalue weighted by atomic mass is 10.2. The summed E-state index contributed by atoms with van der Waals surface area (Å²) < 4.78 is 5.99. The van der Waals surface area contributed by atoms with Crippen molar-refractivity contribution in [1.82, 2.24) is 4.98 Å². The zero-order chi connectivity index (χ0) is 10.8. The van der Waals surface area contributed by atoms with Crippen LogP contribution in [0.15, 0.2) is 32.8 Å². The molecule has 1 heterocycles. The molecule has 15 heavy (non-hydrogen) atoms. The molecule has 0 unspecified atom stereocenters. The molecule has 1 aromatic heterocycles. The van der Waals surface area contributed by atoms with E-state index < -0.39 is 0 Å². The van der Waals surface area contributed by atoms with E-state index in [1.807, 2.05) is 18.2 Å². The fourth-order valence-corrected chi connectivity index (χ4v) is 2.38. The number of hydrogen-bond donors (Lipinski definition) is 1. The average molecular weight is 286 g/mol. The molecule has 0 saturated heterocycles. The van der Waals surface area contributed by atoms with Crippen molar-refractivity contribution in [3.8, 4) is 17.0 Å². The summed E-state index contributed by atoms with van der Waals surface area (Å²) in [5.41, 5.74) is 1.79. The van der Waals surface area contributed by atoms with Crippen LogP contribution >= 0.6 is 27.3 Å². The first-order chi connectivity index (χ1) is 7.20. The number of rotatable bonds is 2. The van der Waals surface area contributed by atoms with Gasteiger partial charge >= 0.3 is 4.87 Å². The van der Waals surface area contributed by atoms with Crippen LogP contribution in [0.2, 0.25) is 0 Å². The summed E-state index contributed by atoms with van der Waals surface area (Å²) in [6.07, 6.45) is 0. The fourth-order valence-electron chi connectivity index (χ4n) is 1.26. The van der Waals surface area contributed by atoms with Gasteiger partial charge in [-0.1, -0.05) is 11.3 Å². The quantitative estimate of drug-likeness (QED) is 0.922. The Morgan fingerprint density at radius 2 is 2.27 bits per heavy atom. The Morgan fingerprint density at radius 1 is 1.47 bits per heavy atom. The Balaban J connectivity index is 2.46. The van der Waals surface area contributed by atoms with E-state index in [4.69, 9.17) is 4.74 Å². The van der Waals surface area contributed by atoms with Crippen LogP contribution in [0, 0.1) is 0 Å². The molecule has 0 aliphatic heterocycles. The topological polar surface area (TPSA) is 42.1 Å². The zero-order valence-corrected chi connectivity index (χ0v) is 10.3. The first-order valence-electron chi connectivity index (χ1n) is 4.22. The minimum absolute atomic E-state index is 0.0445. The zero-order valence-electron chi connectivity index (χ0n) is 7.91. The lowest BCUT2D eigenvalue weighted by Crippen LogP contribution is -1.92. The Morgan fingerprint density at radius 3 is 2.80 bits per heavy atom. The van der Waals surface area contributed by atoms with E-state index in [-0.39, 0.29) is 4.87 Å². The number of thiazole rings is 1. The molecule has 0 aliphatic carbocycles. The maximum Gasteiger partial charge on any atom is 0.304 e. The van der Waals surface area contributed by atoms with E-state index in [0.717, 1.165) is 32.8 Å². The van der Waals surface area contributed by atoms with Crippen molar-refractivity contribution in [2.24, 2.45) is 0 Å². The number of benzene rings is 1. The molecule has 0 fully saturated rings. The highest BCUT2D eigenvalue weighted by Crippen LogP contribution is 2.29. The normalized spacial score (nSPS) is 10.3. The van der Waals surface area contributed by atoms with Gasteiger partial charge < -0.3 is 9.72 Å². The van der Waals surface area contributed by atoms with Crippen molar-refractivity contribution in [2.75, 3.05) is 7.11 Å². The molecule has 5 heteroatoms. The van der Waals surface area contributed by atoms with Gasteiger partial charge in [-0.15, -0.1) is 0 Å². The highest BCUT2D eigenvalue weighted by molar-refractivity contribution is 9.10. The molecule has 0 radical (unpaired) electrons. The summed E-state index contributed by atoms with van der Waals surface area (Å²) in [6.45, 7) is 0. The van der Waals surface area contributed by atoms with Crippen molar-refractivity contribution < 1.29 is 4.74 Å². The van der Waals surface area contributed by atoms with Crippen molar-refractivity contribution >= 4 is 27.3 Å². The van der Waals surface area contributed by atoms with Gasteiger partial charge in [-0.05, 0) is 34.1 Å². The van der Waals surface area contributed by atoms with Crippen LogP contribution in [0.25, 0.3) is 11.3 Å². The number of halogens is 1. The van der Waals surface area contributed by atoms with Crippen LogP contribution in [-0.2, 0) is 0 Å². The molecule has 0 amide bonds. The lowest BCUT2D eigenvalue weighted by molar-refractivity contribution is 0.412. The van der Waals surface area contributed by atoms with Gasteiger partial charge in [-0.2, -0.15) is 0 Å². The molecule has 2 aromatic rings. The average Bonchev–Trinajstić information content (AvgIpc) is 2.65. The first kappa shape index (κ1) is 10.4. The molecule has 0 atom stereocenters. The molecule has 1 aromatic carbocycles. The molecule has 0 spiro atoms. The van der Waals surface area contributed by atoms with Crippen LogP contribution in [-0.4, -0.2) is 12.1 Å². The molecule has 1 N–H and O–H groups in total. The maximum absolute atomic E-state index is 11.0. The molecular weight excluding hydrogens is 278 g/mol. The monoisotopic (exact) mass is 285 g/mol. The van der Waals surface area contributed by atoms with E-state index >= 15 is 0 Å². The molecule has 0 saturated carbocycles. The maximum atomic E-state index is 11.0. The number of aromatic amines is 1. The number of H-pyrrole nitrogens is 1. The second-order valence-electron chi connectivity index (χ2n) is 2.91. The third-order valence-corrected chi connectivity index (χ3v) is 3.27. The van der Waals surface area contributed by atoms with Crippen LogP contribution in [0.5, 0.6) is 5.75 Å². The van der Waals surface area contributed by atoms with Crippen LogP contribution in [0.4, 0.5) is 0 Å². The second kappa shape index (κ2) is 4.20. The lowest BCUT2D eigenvalue weighted by Gasteiger charge is -2.04. The first-order valence-corrected chi connectivity index (χ1v) is 5.89. The minimum atomic E-state index is -0.0445. The minimum Gasteiger partial charge on any atom is -0.496 e. The van der Waals surface area contributed by atoms with Gasteiger partial charge in [0.2, 0.25) is 0 Å². The smallest absolute Gasteiger partial charge is 0.304 e. The van der Waals surface area contributed by atoms with E-state index in [0.29, 0.717) is 0 Å². The molecule has 0 bridgehead atoms. The summed E-state index contributed by atoms with van der Waals surface area (Å²) in [5, 5.41) is 1.80. The van der Waals surface area contributed by atoms with E-state index in [1.54, 1.807) is 12.5 Å². The van der Waals surface area contributed by atoms with Crippen LogP contribution < -0.4 is 9.61 Å². The second-order valence-corrected chi connectivity index (χ2v) is 4.61. The third-order valence-electron chi connectivity index (χ3n) is 1.98. The summed E-state index contributed by atoms with van der Waals surface area (Å²) in [7, 11) is 1.62. The molecule has 0 aliphatic rings. The Bertz CT molecular complexity index is 532. The Labute approximate surface area is 98.9 Å². The predicted octanol–water partition coefficient (Wildman–Crippen LogP) is 2.87. The van der Waals surface area contributed by atoms with Crippen molar-refractivity contribution in [3.63, 3.8) is 0 Å². The van der Waals surface area contributed by atoms with Crippen molar-refractivity contribution in [3.05, 3.63) is 37.7 Å². The fraction of sp³-hybridized carbons (Fsp3) is 0.100. The standard InChI is InChI=1S/C10H8BrNO2S/c1-14-9-3-2-6(4-7(9)11)8-5-15-10(13)12-8/h2-5H,1H3,(H,12,13). The van der Waals surface area contributed by atoms with E-state index in [9.17, 15) is 4.79 Å². The van der Waals surface area contributed by atoms with Crippen LogP contribution in [0.1, 0.15) is 0 Å². The largest absolute Gasteiger partial charge is 0.496 e. The van der Waals surface area contributed by atoms with Gasteiger partial charge in [0.15, 0.2) is 0 Å². The van der Waals surface area contributed by atoms with E-state index in [1.165, 1.54) is 0 Å². The molecular formula is C10H8BrNO2S. The van der Waals surface area contributed by atoms with E-state index in [2.05, 4.69) is 20.9 Å².